The van der Waals surface area contributed by atoms with Crippen molar-refractivity contribution in [1.82, 2.24) is 4.98 Å². The number of fused-ring (bicyclic) bond motifs is 1. The first-order valence-corrected chi connectivity index (χ1v) is 7.01. The minimum atomic E-state index is -0.366. The molecule has 0 saturated carbocycles. The lowest BCUT2D eigenvalue weighted by Crippen LogP contribution is -2.12. The van der Waals surface area contributed by atoms with Crippen LogP contribution in [0.25, 0.3) is 0 Å². The van der Waals surface area contributed by atoms with Crippen LogP contribution in [-0.2, 0) is 12.8 Å². The molecule has 19 heavy (non-hydrogen) atoms. The number of thiazole rings is 1. The summed E-state index contributed by atoms with van der Waals surface area (Å²) in [5, 5.41) is 3.34. The quantitative estimate of drug-likeness (QED) is 0.914. The monoisotopic (exact) mass is 276 g/mol. The summed E-state index contributed by atoms with van der Waals surface area (Å²) < 4.78 is 13.4. The lowest BCUT2D eigenvalue weighted by molar-refractivity contribution is 0.102. The zero-order valence-electron chi connectivity index (χ0n) is 10.5. The second-order valence-corrected chi connectivity index (χ2v) is 5.74. The summed E-state index contributed by atoms with van der Waals surface area (Å²) in [6, 6.07) is 4.48. The van der Waals surface area contributed by atoms with Gasteiger partial charge in [-0.15, -0.1) is 11.3 Å². The number of carbonyl (C=O) groups is 1. The molecule has 0 saturated heterocycles. The van der Waals surface area contributed by atoms with E-state index in [1.807, 2.05) is 0 Å². The van der Waals surface area contributed by atoms with Crippen LogP contribution in [0.4, 0.5) is 9.52 Å². The summed E-state index contributed by atoms with van der Waals surface area (Å²) in [4.78, 5) is 17.6. The molecule has 1 aromatic heterocycles. The number of hydrogen-bond donors (Lipinski definition) is 1. The number of anilines is 1. The SMILES string of the molecule is Cc1ccc(C(=O)Nc2nc3c(s2)CCC3)cc1F. The van der Waals surface area contributed by atoms with Gasteiger partial charge in [-0.25, -0.2) is 9.37 Å². The highest BCUT2D eigenvalue weighted by Gasteiger charge is 2.18. The number of rotatable bonds is 2. The van der Waals surface area contributed by atoms with Gasteiger partial charge in [0.2, 0.25) is 0 Å². The molecule has 1 aromatic carbocycles. The van der Waals surface area contributed by atoms with Crippen molar-refractivity contribution >= 4 is 22.4 Å². The fraction of sp³-hybridized carbons (Fsp3) is 0.286. The van der Waals surface area contributed by atoms with Crippen molar-refractivity contribution in [3.05, 3.63) is 45.7 Å². The summed E-state index contributed by atoms with van der Waals surface area (Å²) in [5.41, 5.74) is 1.94. The van der Waals surface area contributed by atoms with Gasteiger partial charge in [-0.3, -0.25) is 10.1 Å². The lowest BCUT2D eigenvalue weighted by Gasteiger charge is -2.03. The summed E-state index contributed by atoms with van der Waals surface area (Å²) in [6.45, 7) is 1.67. The van der Waals surface area contributed by atoms with E-state index >= 15 is 0 Å². The van der Waals surface area contributed by atoms with Crippen LogP contribution in [0.15, 0.2) is 18.2 Å². The number of aromatic nitrogens is 1. The zero-order valence-corrected chi connectivity index (χ0v) is 11.3. The zero-order chi connectivity index (χ0) is 13.4. The Morgan fingerprint density at radius 2 is 2.26 bits per heavy atom. The summed E-state index contributed by atoms with van der Waals surface area (Å²) in [7, 11) is 0. The van der Waals surface area contributed by atoms with Crippen LogP contribution >= 0.6 is 11.3 Å². The van der Waals surface area contributed by atoms with E-state index < -0.39 is 0 Å². The minimum Gasteiger partial charge on any atom is -0.298 e. The van der Waals surface area contributed by atoms with Crippen molar-refractivity contribution in [2.24, 2.45) is 0 Å². The van der Waals surface area contributed by atoms with Crippen LogP contribution in [0, 0.1) is 12.7 Å². The Morgan fingerprint density at radius 1 is 1.42 bits per heavy atom. The molecule has 0 unspecified atom stereocenters. The van der Waals surface area contributed by atoms with E-state index in [2.05, 4.69) is 10.3 Å². The molecule has 1 amide bonds. The largest absolute Gasteiger partial charge is 0.298 e. The highest BCUT2D eigenvalue weighted by atomic mass is 32.1. The predicted molar refractivity (Wildman–Crippen MR) is 73.2 cm³/mol. The van der Waals surface area contributed by atoms with E-state index in [0.717, 1.165) is 25.0 Å². The van der Waals surface area contributed by atoms with Crippen molar-refractivity contribution in [3.8, 4) is 0 Å². The van der Waals surface area contributed by atoms with E-state index in [-0.39, 0.29) is 11.7 Å². The Bertz CT molecular complexity index is 629. The molecule has 98 valence electrons. The van der Waals surface area contributed by atoms with Gasteiger partial charge in [0.25, 0.3) is 5.91 Å². The van der Waals surface area contributed by atoms with Gasteiger partial charge in [0.15, 0.2) is 5.13 Å². The fourth-order valence-corrected chi connectivity index (χ4v) is 3.19. The van der Waals surface area contributed by atoms with Gasteiger partial charge < -0.3 is 0 Å². The third-order valence-corrected chi connectivity index (χ3v) is 4.32. The van der Waals surface area contributed by atoms with Crippen molar-refractivity contribution in [2.45, 2.75) is 26.2 Å². The first kappa shape index (κ1) is 12.3. The molecule has 3 nitrogen and oxygen atoms in total. The number of carbonyl (C=O) groups excluding carboxylic acids is 1. The van der Waals surface area contributed by atoms with E-state index in [0.29, 0.717) is 16.3 Å². The number of amides is 1. The standard InChI is InChI=1S/C14H13FN2OS/c1-8-5-6-9(7-10(8)15)13(18)17-14-16-11-3-2-4-12(11)19-14/h5-7H,2-4H2,1H3,(H,16,17,18). The van der Waals surface area contributed by atoms with Gasteiger partial charge in [-0.1, -0.05) is 6.07 Å². The second-order valence-electron chi connectivity index (χ2n) is 4.66. The second kappa shape index (κ2) is 4.74. The lowest BCUT2D eigenvalue weighted by atomic mass is 10.1. The van der Waals surface area contributed by atoms with Crippen molar-refractivity contribution in [2.75, 3.05) is 5.32 Å². The average Bonchev–Trinajstić information content (AvgIpc) is 2.93. The summed E-state index contributed by atoms with van der Waals surface area (Å²) in [5.74, 6) is -0.680. The third kappa shape index (κ3) is 2.38. The van der Waals surface area contributed by atoms with Gasteiger partial charge in [0, 0.05) is 10.4 Å². The molecule has 1 aliphatic rings. The van der Waals surface area contributed by atoms with Crippen molar-refractivity contribution in [3.63, 3.8) is 0 Å². The molecule has 2 aromatic rings. The maximum Gasteiger partial charge on any atom is 0.257 e. The molecule has 3 rings (SSSR count). The summed E-state index contributed by atoms with van der Waals surface area (Å²) >= 11 is 1.52. The van der Waals surface area contributed by atoms with Gasteiger partial charge in [-0.05, 0) is 43.9 Å². The molecule has 0 atom stereocenters. The van der Waals surface area contributed by atoms with Crippen LogP contribution in [0.2, 0.25) is 0 Å². The van der Waals surface area contributed by atoms with Gasteiger partial charge in [0.1, 0.15) is 5.82 Å². The first-order valence-electron chi connectivity index (χ1n) is 6.19. The molecule has 0 radical (unpaired) electrons. The highest BCUT2D eigenvalue weighted by molar-refractivity contribution is 7.15. The predicted octanol–water partition coefficient (Wildman–Crippen LogP) is 3.33. The minimum absolute atomic E-state index is 0.314. The smallest absolute Gasteiger partial charge is 0.257 e. The topological polar surface area (TPSA) is 42.0 Å². The molecule has 0 spiro atoms. The fourth-order valence-electron chi connectivity index (χ4n) is 2.15. The van der Waals surface area contributed by atoms with Gasteiger partial charge in [-0.2, -0.15) is 0 Å². The Kier molecular flexibility index (Phi) is 3.06. The first-order chi connectivity index (χ1) is 9.13. The van der Waals surface area contributed by atoms with Gasteiger partial charge in [0.05, 0.1) is 5.69 Å². The molecular weight excluding hydrogens is 263 g/mol. The third-order valence-electron chi connectivity index (χ3n) is 3.25. The van der Waals surface area contributed by atoms with Crippen molar-refractivity contribution in [1.29, 1.82) is 0 Å². The normalized spacial score (nSPS) is 13.4. The molecule has 0 aliphatic heterocycles. The van der Waals surface area contributed by atoms with E-state index in [1.165, 1.54) is 22.3 Å². The van der Waals surface area contributed by atoms with Crippen LogP contribution in [0.5, 0.6) is 0 Å². The summed E-state index contributed by atoms with van der Waals surface area (Å²) in [6.07, 6.45) is 3.18. The Morgan fingerprint density at radius 3 is 3.00 bits per heavy atom. The number of aryl methyl sites for hydroxylation is 3. The van der Waals surface area contributed by atoms with Crippen LogP contribution in [-0.4, -0.2) is 10.9 Å². The molecule has 1 aliphatic carbocycles. The number of nitrogens with zero attached hydrogens (tertiary/aromatic N) is 1. The molecular formula is C14H13FN2OS. The Balaban J connectivity index is 1.78. The number of nitrogens with one attached hydrogen (secondary N) is 1. The average molecular weight is 276 g/mol. The van der Waals surface area contributed by atoms with Crippen LogP contribution < -0.4 is 5.32 Å². The van der Waals surface area contributed by atoms with Gasteiger partial charge >= 0.3 is 0 Å². The molecule has 0 fully saturated rings. The molecule has 0 bridgehead atoms. The molecule has 1 N–H and O–H groups in total. The van der Waals surface area contributed by atoms with E-state index in [4.69, 9.17) is 0 Å². The molecule has 5 heteroatoms. The number of benzene rings is 1. The Labute approximate surface area is 114 Å². The number of halogens is 1. The van der Waals surface area contributed by atoms with E-state index in [9.17, 15) is 9.18 Å². The maximum atomic E-state index is 13.4. The highest BCUT2D eigenvalue weighted by Crippen LogP contribution is 2.30. The Hall–Kier alpha value is -1.75. The van der Waals surface area contributed by atoms with Crippen LogP contribution in [0.3, 0.4) is 0 Å². The number of hydrogen-bond acceptors (Lipinski definition) is 3. The van der Waals surface area contributed by atoms with Crippen molar-refractivity contribution < 1.29 is 9.18 Å². The van der Waals surface area contributed by atoms with Crippen LogP contribution in [0.1, 0.15) is 32.9 Å². The molecule has 1 heterocycles. The maximum absolute atomic E-state index is 13.4. The van der Waals surface area contributed by atoms with E-state index in [1.54, 1.807) is 19.1 Å².